The van der Waals surface area contributed by atoms with Gasteiger partial charge in [-0.15, -0.1) is 0 Å². The van der Waals surface area contributed by atoms with Crippen LogP contribution in [0.1, 0.15) is 6.92 Å². The Kier molecular flexibility index (Phi) is 5.61. The molecule has 0 spiro atoms. The van der Waals surface area contributed by atoms with Crippen molar-refractivity contribution in [1.82, 2.24) is 10.3 Å². The molecular weight excluding hydrogens is 158 g/mol. The standard InChI is InChI=1S/C7H17N3O2/c1-6(7(12)9-8)5-10(2)3-4-11/h6,11H,3-5,8H2,1-2H3,(H,9,12). The van der Waals surface area contributed by atoms with Crippen molar-refractivity contribution in [2.24, 2.45) is 11.8 Å². The number of aliphatic hydroxyl groups is 1. The largest absolute Gasteiger partial charge is 0.395 e. The fourth-order valence-corrected chi connectivity index (χ4v) is 0.955. The van der Waals surface area contributed by atoms with Gasteiger partial charge in [0.2, 0.25) is 5.91 Å². The number of likely N-dealkylation sites (N-methyl/N-ethyl adjacent to an activating group) is 1. The summed E-state index contributed by atoms with van der Waals surface area (Å²) in [7, 11) is 1.84. The molecule has 1 atom stereocenters. The minimum absolute atomic E-state index is 0.105. The Morgan fingerprint density at radius 3 is 2.75 bits per heavy atom. The number of nitrogens with one attached hydrogen (secondary N) is 1. The summed E-state index contributed by atoms with van der Waals surface area (Å²) < 4.78 is 0. The molecule has 4 N–H and O–H groups in total. The number of rotatable bonds is 5. The van der Waals surface area contributed by atoms with Gasteiger partial charge in [-0.1, -0.05) is 6.92 Å². The summed E-state index contributed by atoms with van der Waals surface area (Å²) >= 11 is 0. The maximum absolute atomic E-state index is 10.9. The zero-order chi connectivity index (χ0) is 9.56. The highest BCUT2D eigenvalue weighted by atomic mass is 16.3. The van der Waals surface area contributed by atoms with E-state index in [1.54, 1.807) is 6.92 Å². The van der Waals surface area contributed by atoms with Crippen molar-refractivity contribution in [3.63, 3.8) is 0 Å². The third kappa shape index (κ3) is 4.27. The van der Waals surface area contributed by atoms with E-state index >= 15 is 0 Å². The van der Waals surface area contributed by atoms with Crippen molar-refractivity contribution in [2.75, 3.05) is 26.7 Å². The van der Waals surface area contributed by atoms with Crippen LogP contribution in [0.25, 0.3) is 0 Å². The van der Waals surface area contributed by atoms with Gasteiger partial charge in [-0.3, -0.25) is 10.2 Å². The second-order valence-corrected chi connectivity index (χ2v) is 2.90. The quantitative estimate of drug-likeness (QED) is 0.271. The highest BCUT2D eigenvalue weighted by Gasteiger charge is 2.12. The molecule has 1 unspecified atom stereocenters. The lowest BCUT2D eigenvalue weighted by Gasteiger charge is -2.18. The number of aliphatic hydroxyl groups excluding tert-OH is 1. The van der Waals surface area contributed by atoms with E-state index in [0.717, 1.165) is 0 Å². The van der Waals surface area contributed by atoms with Crippen molar-refractivity contribution >= 4 is 5.91 Å². The lowest BCUT2D eigenvalue weighted by molar-refractivity contribution is -0.125. The highest BCUT2D eigenvalue weighted by molar-refractivity contribution is 5.77. The first kappa shape index (κ1) is 11.4. The molecule has 0 aliphatic rings. The number of hydrogen-bond donors (Lipinski definition) is 3. The van der Waals surface area contributed by atoms with Gasteiger partial charge in [0.15, 0.2) is 0 Å². The summed E-state index contributed by atoms with van der Waals surface area (Å²) in [6.45, 7) is 3.06. The van der Waals surface area contributed by atoms with E-state index in [9.17, 15) is 4.79 Å². The lowest BCUT2D eigenvalue weighted by atomic mass is 10.1. The molecule has 0 aromatic rings. The van der Waals surface area contributed by atoms with Crippen LogP contribution >= 0.6 is 0 Å². The number of hydrogen-bond acceptors (Lipinski definition) is 4. The van der Waals surface area contributed by atoms with Gasteiger partial charge >= 0.3 is 0 Å². The lowest BCUT2D eigenvalue weighted by Crippen LogP contribution is -2.40. The van der Waals surface area contributed by atoms with Crippen LogP contribution in [-0.2, 0) is 4.79 Å². The maximum Gasteiger partial charge on any atom is 0.237 e. The molecule has 0 rings (SSSR count). The molecule has 0 saturated heterocycles. The van der Waals surface area contributed by atoms with Crippen molar-refractivity contribution in [3.8, 4) is 0 Å². The van der Waals surface area contributed by atoms with Crippen LogP contribution in [0.3, 0.4) is 0 Å². The van der Waals surface area contributed by atoms with Crippen LogP contribution in [0.15, 0.2) is 0 Å². The number of carbonyl (C=O) groups excluding carboxylic acids is 1. The van der Waals surface area contributed by atoms with Crippen LogP contribution in [0.4, 0.5) is 0 Å². The highest BCUT2D eigenvalue weighted by Crippen LogP contribution is 1.96. The molecule has 5 nitrogen and oxygen atoms in total. The van der Waals surface area contributed by atoms with E-state index in [-0.39, 0.29) is 18.4 Å². The van der Waals surface area contributed by atoms with Crippen LogP contribution in [-0.4, -0.2) is 42.7 Å². The summed E-state index contributed by atoms with van der Waals surface area (Å²) in [5.41, 5.74) is 2.08. The molecule has 0 radical (unpaired) electrons. The van der Waals surface area contributed by atoms with Gasteiger partial charge in [0, 0.05) is 19.0 Å². The van der Waals surface area contributed by atoms with E-state index in [0.29, 0.717) is 13.1 Å². The van der Waals surface area contributed by atoms with E-state index in [4.69, 9.17) is 10.9 Å². The molecule has 0 saturated carbocycles. The Morgan fingerprint density at radius 2 is 2.33 bits per heavy atom. The third-order valence-electron chi connectivity index (χ3n) is 1.66. The van der Waals surface area contributed by atoms with Crippen LogP contribution in [0, 0.1) is 5.92 Å². The Bertz CT molecular complexity index is 141. The Hall–Kier alpha value is -0.650. The minimum Gasteiger partial charge on any atom is -0.395 e. The van der Waals surface area contributed by atoms with Crippen molar-refractivity contribution in [3.05, 3.63) is 0 Å². The molecule has 0 heterocycles. The zero-order valence-corrected chi connectivity index (χ0v) is 7.58. The Morgan fingerprint density at radius 1 is 1.75 bits per heavy atom. The number of nitrogens with zero attached hydrogens (tertiary/aromatic N) is 1. The summed E-state index contributed by atoms with van der Waals surface area (Å²) in [5, 5.41) is 8.58. The predicted molar refractivity (Wildman–Crippen MR) is 46.1 cm³/mol. The van der Waals surface area contributed by atoms with Gasteiger partial charge in [-0.05, 0) is 7.05 Å². The van der Waals surface area contributed by atoms with Gasteiger partial charge in [0.1, 0.15) is 0 Å². The number of hydrazine groups is 1. The minimum atomic E-state index is -0.181. The summed E-state index contributed by atoms with van der Waals surface area (Å²) in [6, 6.07) is 0. The molecule has 0 aromatic carbocycles. The number of nitrogens with two attached hydrogens (primary N) is 1. The van der Waals surface area contributed by atoms with E-state index in [1.807, 2.05) is 11.9 Å². The molecule has 5 heteroatoms. The van der Waals surface area contributed by atoms with Crippen molar-refractivity contribution in [1.29, 1.82) is 0 Å². The molecule has 72 valence electrons. The average molecular weight is 175 g/mol. The number of amides is 1. The fourth-order valence-electron chi connectivity index (χ4n) is 0.955. The second kappa shape index (κ2) is 5.93. The van der Waals surface area contributed by atoms with Crippen molar-refractivity contribution < 1.29 is 9.90 Å². The first-order valence-corrected chi connectivity index (χ1v) is 3.91. The van der Waals surface area contributed by atoms with Crippen molar-refractivity contribution in [2.45, 2.75) is 6.92 Å². The second-order valence-electron chi connectivity index (χ2n) is 2.90. The summed E-state index contributed by atoms with van der Waals surface area (Å²) in [6.07, 6.45) is 0. The topological polar surface area (TPSA) is 78.6 Å². The first-order valence-electron chi connectivity index (χ1n) is 3.91. The van der Waals surface area contributed by atoms with Gasteiger partial charge in [-0.2, -0.15) is 0 Å². The molecule has 1 amide bonds. The van der Waals surface area contributed by atoms with E-state index in [1.165, 1.54) is 0 Å². The number of carbonyl (C=O) groups is 1. The van der Waals surface area contributed by atoms with Gasteiger partial charge in [0.05, 0.1) is 6.61 Å². The molecule has 0 aliphatic carbocycles. The molecule has 0 bridgehead atoms. The van der Waals surface area contributed by atoms with Crippen LogP contribution in [0.2, 0.25) is 0 Å². The SMILES string of the molecule is CC(CN(C)CCO)C(=O)NN. The maximum atomic E-state index is 10.9. The summed E-state index contributed by atoms with van der Waals surface area (Å²) in [5.74, 6) is 4.63. The molecule has 0 aliphatic heterocycles. The average Bonchev–Trinajstić information content (AvgIpc) is 2.03. The normalized spacial score (nSPS) is 13.1. The Balaban J connectivity index is 3.67. The zero-order valence-electron chi connectivity index (χ0n) is 7.58. The monoisotopic (exact) mass is 175 g/mol. The molecule has 0 fully saturated rings. The molecule has 12 heavy (non-hydrogen) atoms. The fraction of sp³-hybridized carbons (Fsp3) is 0.857. The first-order chi connectivity index (χ1) is 5.61. The van der Waals surface area contributed by atoms with Crippen LogP contribution < -0.4 is 11.3 Å². The Labute approximate surface area is 72.5 Å². The van der Waals surface area contributed by atoms with Crippen LogP contribution in [0.5, 0.6) is 0 Å². The van der Waals surface area contributed by atoms with Gasteiger partial charge < -0.3 is 10.0 Å². The van der Waals surface area contributed by atoms with E-state index in [2.05, 4.69) is 5.43 Å². The smallest absolute Gasteiger partial charge is 0.237 e. The van der Waals surface area contributed by atoms with E-state index < -0.39 is 0 Å². The van der Waals surface area contributed by atoms with Gasteiger partial charge in [0.25, 0.3) is 0 Å². The molecule has 0 aromatic heterocycles. The predicted octanol–water partition coefficient (Wildman–Crippen LogP) is -1.46. The summed E-state index contributed by atoms with van der Waals surface area (Å²) in [4.78, 5) is 12.8. The molecular formula is C7H17N3O2. The van der Waals surface area contributed by atoms with Gasteiger partial charge in [-0.25, -0.2) is 5.84 Å². The third-order valence-corrected chi connectivity index (χ3v) is 1.66.